The molecule has 0 unspecified atom stereocenters. The van der Waals surface area contributed by atoms with Gasteiger partial charge in [-0.05, 0) is 12.8 Å². The standard InChI is InChI=1S/C12H26O.2C2H5.Al/c1-3-5-7-9-11-13-12-10-8-6-4-2;2*1-2;/h3-12H2,1-2H3;2*1H2,2H3;. The third kappa shape index (κ3) is 25.4. The third-order valence-electron chi connectivity index (χ3n) is 2.86. The van der Waals surface area contributed by atoms with E-state index in [0.29, 0.717) is 0 Å². The average Bonchev–Trinajstić information content (AvgIpc) is 2.39. The molecule has 1 nitrogen and oxygen atoms in total. The van der Waals surface area contributed by atoms with Crippen molar-refractivity contribution in [3.8, 4) is 0 Å². The van der Waals surface area contributed by atoms with E-state index < -0.39 is 0 Å². The minimum atomic E-state index is 0.815. The van der Waals surface area contributed by atoms with Crippen LogP contribution in [-0.2, 0) is 4.74 Å². The molecule has 0 heterocycles. The minimum Gasteiger partial charge on any atom is -0.381 e. The van der Waals surface area contributed by atoms with Gasteiger partial charge in [0, 0.05) is 13.2 Å². The summed E-state index contributed by atoms with van der Waals surface area (Å²) in [5, 5.41) is 2.85. The van der Waals surface area contributed by atoms with Crippen molar-refractivity contribution in [2.24, 2.45) is 0 Å². The highest BCUT2D eigenvalue weighted by atomic mass is 27.1. The molecule has 0 aliphatic heterocycles. The lowest BCUT2D eigenvalue weighted by Gasteiger charge is -2.03. The van der Waals surface area contributed by atoms with E-state index in [1.54, 1.807) is 0 Å². The van der Waals surface area contributed by atoms with Gasteiger partial charge in [-0.25, -0.2) is 0 Å². The molecule has 18 heavy (non-hydrogen) atoms. The highest BCUT2D eigenvalue weighted by Gasteiger charge is 1.90. The molecule has 0 fully saturated rings. The largest absolute Gasteiger partial charge is 0.381 e. The molecule has 0 aromatic rings. The second-order valence-corrected chi connectivity index (χ2v) is 7.05. The predicted octanol–water partition coefficient (Wildman–Crippen LogP) is 5.73. The second-order valence-electron chi connectivity index (χ2n) is 4.84. The Labute approximate surface area is 123 Å². The van der Waals surface area contributed by atoms with Crippen molar-refractivity contribution >= 4 is 15.2 Å². The van der Waals surface area contributed by atoms with Crippen LogP contribution >= 0.6 is 0 Å². The Hall–Kier alpha value is 0.492. The van der Waals surface area contributed by atoms with Gasteiger partial charge in [0.1, 0.15) is 0 Å². The van der Waals surface area contributed by atoms with Crippen LogP contribution in [0.5, 0.6) is 0 Å². The van der Waals surface area contributed by atoms with Gasteiger partial charge in [-0.2, -0.15) is 0 Å². The summed E-state index contributed by atoms with van der Waals surface area (Å²) in [7, 11) is 0. The lowest BCUT2D eigenvalue weighted by Crippen LogP contribution is -1.96. The van der Waals surface area contributed by atoms with Gasteiger partial charge in [0.15, 0.2) is 15.2 Å². The van der Waals surface area contributed by atoms with E-state index in [-0.39, 0.29) is 0 Å². The number of rotatable bonds is 12. The Bertz CT molecular complexity index is 106. The molecule has 0 N–H and O–H groups in total. The Morgan fingerprint density at radius 3 is 1.33 bits per heavy atom. The van der Waals surface area contributed by atoms with Crippen LogP contribution < -0.4 is 0 Å². The van der Waals surface area contributed by atoms with Gasteiger partial charge in [0.2, 0.25) is 0 Å². The highest BCUT2D eigenvalue weighted by molar-refractivity contribution is 6.34. The first-order valence-electron chi connectivity index (χ1n) is 8.22. The third-order valence-corrected chi connectivity index (χ3v) is 4.02. The lowest BCUT2D eigenvalue weighted by atomic mass is 10.2. The van der Waals surface area contributed by atoms with Crippen molar-refractivity contribution < 1.29 is 4.74 Å². The number of unbranched alkanes of at least 4 members (excludes halogenated alkanes) is 6. The molecular formula is C16H36AlO. The zero-order chi connectivity index (χ0) is 13.9. The summed E-state index contributed by atoms with van der Waals surface area (Å²) in [4.78, 5) is 0. The van der Waals surface area contributed by atoms with Crippen molar-refractivity contribution in [2.45, 2.75) is 89.6 Å². The van der Waals surface area contributed by atoms with Gasteiger partial charge < -0.3 is 4.74 Å². The fourth-order valence-corrected chi connectivity index (χ4v) is 2.23. The molecule has 1 radical (unpaired) electrons. The quantitative estimate of drug-likeness (QED) is 0.325. The van der Waals surface area contributed by atoms with Crippen molar-refractivity contribution in [1.82, 2.24) is 0 Å². The van der Waals surface area contributed by atoms with Gasteiger partial charge >= 0.3 is 0 Å². The van der Waals surface area contributed by atoms with E-state index >= 15 is 0 Å². The Kier molecular flexibility index (Phi) is 26.2. The smallest absolute Gasteiger partial charge is 0.198 e. The molecule has 0 aliphatic rings. The highest BCUT2D eigenvalue weighted by Crippen LogP contribution is 2.01. The SMILES string of the molecule is CCCCCCOCCCCCC.C[CH2][Al][CH2]C. The minimum absolute atomic E-state index is 0.815. The Morgan fingerprint density at radius 1 is 0.611 bits per heavy atom. The molecule has 0 aromatic carbocycles. The number of hydrogen-bond donors (Lipinski definition) is 0. The maximum atomic E-state index is 5.53. The van der Waals surface area contributed by atoms with Gasteiger partial charge in [0.25, 0.3) is 0 Å². The van der Waals surface area contributed by atoms with E-state index in [1.807, 2.05) is 0 Å². The first-order chi connectivity index (χ1) is 8.83. The van der Waals surface area contributed by atoms with Gasteiger partial charge in [-0.1, -0.05) is 66.2 Å². The fraction of sp³-hybridized carbons (Fsp3) is 1.00. The second kappa shape index (κ2) is 22.7. The maximum Gasteiger partial charge on any atom is 0.198 e. The van der Waals surface area contributed by atoms with Crippen molar-refractivity contribution in [3.05, 3.63) is 0 Å². The molecule has 0 amide bonds. The Balaban J connectivity index is 0. The summed E-state index contributed by atoms with van der Waals surface area (Å²) in [6.07, 6.45) is 10.5. The average molecular weight is 271 g/mol. The van der Waals surface area contributed by atoms with Crippen molar-refractivity contribution in [2.75, 3.05) is 13.2 Å². The summed E-state index contributed by atoms with van der Waals surface area (Å²) >= 11 is 0.815. The van der Waals surface area contributed by atoms with Crippen LogP contribution in [0.2, 0.25) is 10.6 Å². The van der Waals surface area contributed by atoms with Crippen molar-refractivity contribution in [1.29, 1.82) is 0 Å². The fourth-order valence-electron chi connectivity index (χ4n) is 1.65. The van der Waals surface area contributed by atoms with E-state index in [4.69, 9.17) is 4.74 Å². The van der Waals surface area contributed by atoms with Crippen LogP contribution in [0.1, 0.15) is 79.1 Å². The summed E-state index contributed by atoms with van der Waals surface area (Å²) in [5.41, 5.74) is 0. The van der Waals surface area contributed by atoms with Gasteiger partial charge in [-0.15, -0.1) is 10.6 Å². The van der Waals surface area contributed by atoms with Crippen molar-refractivity contribution in [3.63, 3.8) is 0 Å². The van der Waals surface area contributed by atoms with Crippen LogP contribution in [0.25, 0.3) is 0 Å². The monoisotopic (exact) mass is 271 g/mol. The van der Waals surface area contributed by atoms with Gasteiger partial charge in [0.05, 0.1) is 0 Å². The molecule has 0 rings (SSSR count). The summed E-state index contributed by atoms with van der Waals surface area (Å²) in [6, 6.07) is 0. The van der Waals surface area contributed by atoms with E-state index in [0.717, 1.165) is 28.4 Å². The Morgan fingerprint density at radius 2 is 1.06 bits per heavy atom. The summed E-state index contributed by atoms with van der Waals surface area (Å²) in [5.74, 6) is 0. The summed E-state index contributed by atoms with van der Waals surface area (Å²) < 4.78 is 5.53. The molecule has 0 spiro atoms. The summed E-state index contributed by atoms with van der Waals surface area (Å²) in [6.45, 7) is 10.9. The maximum absolute atomic E-state index is 5.53. The molecular weight excluding hydrogens is 235 g/mol. The normalized spacial score (nSPS) is 9.78. The molecule has 0 bridgehead atoms. The first-order valence-corrected chi connectivity index (χ1v) is 9.86. The van der Waals surface area contributed by atoms with E-state index in [1.165, 1.54) is 61.9 Å². The zero-order valence-corrected chi connectivity index (χ0v) is 14.6. The molecule has 109 valence electrons. The predicted molar refractivity (Wildman–Crippen MR) is 85.8 cm³/mol. The van der Waals surface area contributed by atoms with E-state index in [2.05, 4.69) is 27.7 Å². The topological polar surface area (TPSA) is 9.23 Å². The van der Waals surface area contributed by atoms with Crippen LogP contribution in [0, 0.1) is 0 Å². The lowest BCUT2D eigenvalue weighted by molar-refractivity contribution is 0.126. The molecule has 0 saturated heterocycles. The number of ether oxygens (including phenoxy) is 1. The van der Waals surface area contributed by atoms with Crippen LogP contribution in [0.4, 0.5) is 0 Å². The van der Waals surface area contributed by atoms with Gasteiger partial charge in [-0.3, -0.25) is 0 Å². The zero-order valence-electron chi connectivity index (χ0n) is 13.5. The van der Waals surface area contributed by atoms with Crippen LogP contribution in [0.15, 0.2) is 0 Å². The number of hydrogen-bond acceptors (Lipinski definition) is 1. The first kappa shape index (κ1) is 20.8. The van der Waals surface area contributed by atoms with Crippen LogP contribution in [0.3, 0.4) is 0 Å². The molecule has 2 heteroatoms. The molecule has 0 aromatic heterocycles. The van der Waals surface area contributed by atoms with E-state index in [9.17, 15) is 0 Å². The molecule has 0 saturated carbocycles. The van der Waals surface area contributed by atoms with Crippen LogP contribution in [-0.4, -0.2) is 28.4 Å². The molecule has 0 atom stereocenters. The molecule has 0 aliphatic carbocycles.